The number of likely N-dealkylation sites (tertiary alicyclic amines) is 1. The molecule has 7 heterocycles. The first-order valence-electron chi connectivity index (χ1n) is 21.2. The molecule has 0 bridgehead atoms. The molecule has 18 heteroatoms. The lowest BCUT2D eigenvalue weighted by molar-refractivity contribution is -0.138. The lowest BCUT2D eigenvalue weighted by atomic mass is 9.71. The molecule has 5 saturated heterocycles. The SMILES string of the molecule is N#Cc1ccc(N2CCN(C(=O)Nc3ccc(N4CCC(CN5CC6(CCN(c7ccc8c(c7)C(=O)N(C7CCC(=O)NC7=O)C8=O)CC6)C5)CC4)nc3)CC2)cc1C(F)(F)F. The van der Waals surface area contributed by atoms with Crippen LogP contribution in [-0.4, -0.2) is 127 Å². The summed E-state index contributed by atoms with van der Waals surface area (Å²) in [6.45, 7) is 8.07. The van der Waals surface area contributed by atoms with Gasteiger partial charge in [0.15, 0.2) is 0 Å². The molecule has 0 saturated carbocycles. The van der Waals surface area contributed by atoms with Crippen LogP contribution in [0.3, 0.4) is 0 Å². The van der Waals surface area contributed by atoms with E-state index in [2.05, 4.69) is 30.3 Å². The van der Waals surface area contributed by atoms with Gasteiger partial charge in [0.25, 0.3) is 11.8 Å². The van der Waals surface area contributed by atoms with Crippen LogP contribution in [0.25, 0.3) is 0 Å². The molecule has 62 heavy (non-hydrogen) atoms. The molecule has 3 aromatic rings. The van der Waals surface area contributed by atoms with E-state index in [0.29, 0.717) is 54.6 Å². The number of pyridine rings is 1. The zero-order valence-corrected chi connectivity index (χ0v) is 34.1. The zero-order chi connectivity index (χ0) is 43.3. The van der Waals surface area contributed by atoms with Crippen LogP contribution in [0.15, 0.2) is 54.7 Å². The summed E-state index contributed by atoms with van der Waals surface area (Å²) in [6, 6.07) is 13.1. The van der Waals surface area contributed by atoms with Crippen molar-refractivity contribution in [2.75, 3.05) is 92.0 Å². The minimum absolute atomic E-state index is 0.0843. The summed E-state index contributed by atoms with van der Waals surface area (Å²) in [5, 5.41) is 14.2. The highest BCUT2D eigenvalue weighted by Gasteiger charge is 2.47. The first kappa shape index (κ1) is 41.1. The molecule has 6 aliphatic heterocycles. The molecule has 1 spiro atoms. The fourth-order valence-corrected chi connectivity index (χ4v) is 10.0. The Morgan fingerprint density at radius 2 is 1.50 bits per heavy atom. The maximum atomic E-state index is 13.5. The second-order valence-corrected chi connectivity index (χ2v) is 17.4. The van der Waals surface area contributed by atoms with Gasteiger partial charge in [-0.05, 0) is 92.0 Å². The van der Waals surface area contributed by atoms with Gasteiger partial charge >= 0.3 is 12.2 Å². The standard InChI is InChI=1S/C44H47F3N10O5/c45-44(46,47)35-22-32(3-1-29(35)23-48)54-17-19-56(20-18-54)42(62)50-30-2-7-37(49-24-30)55-13-9-28(10-14-55)25-52-26-43(27-52)11-15-53(16-12-43)31-4-5-33-34(21-31)41(61)57(40(33)60)36-6-8-38(58)51-39(36)59/h1-5,7,21-22,24,28,36H,6,8-20,25-27H2,(H,50,62)(H,51,58,59). The number of anilines is 4. The molecular formula is C44H47F3N10O5. The van der Waals surface area contributed by atoms with Crippen LogP contribution in [0.5, 0.6) is 0 Å². The highest BCUT2D eigenvalue weighted by atomic mass is 19.4. The van der Waals surface area contributed by atoms with E-state index in [9.17, 15) is 37.1 Å². The minimum Gasteiger partial charge on any atom is -0.371 e. The van der Waals surface area contributed by atoms with Crippen molar-refractivity contribution in [3.63, 3.8) is 0 Å². The zero-order valence-electron chi connectivity index (χ0n) is 34.1. The van der Waals surface area contributed by atoms with Gasteiger partial charge in [-0.15, -0.1) is 0 Å². The number of benzene rings is 2. The number of piperidine rings is 3. The Bertz CT molecular complexity index is 2320. The van der Waals surface area contributed by atoms with Crippen LogP contribution in [0, 0.1) is 22.7 Å². The van der Waals surface area contributed by atoms with Crippen molar-refractivity contribution in [2.24, 2.45) is 11.3 Å². The van der Waals surface area contributed by atoms with E-state index in [4.69, 9.17) is 5.26 Å². The number of carbonyl (C=O) groups is 5. The lowest BCUT2D eigenvalue weighted by Crippen LogP contribution is -2.61. The van der Waals surface area contributed by atoms with Crippen LogP contribution >= 0.6 is 0 Å². The highest BCUT2D eigenvalue weighted by Crippen LogP contribution is 2.43. The van der Waals surface area contributed by atoms with E-state index in [1.165, 1.54) is 12.1 Å². The number of nitriles is 1. The summed E-state index contributed by atoms with van der Waals surface area (Å²) < 4.78 is 40.4. The number of amides is 6. The Morgan fingerprint density at radius 1 is 0.823 bits per heavy atom. The van der Waals surface area contributed by atoms with Crippen LogP contribution in [0.4, 0.5) is 40.8 Å². The third kappa shape index (κ3) is 8.01. The number of hydrogen-bond acceptors (Lipinski definition) is 11. The van der Waals surface area contributed by atoms with E-state index in [1.807, 2.05) is 18.2 Å². The number of urea groups is 1. The highest BCUT2D eigenvalue weighted by molar-refractivity contribution is 6.23. The molecule has 15 nitrogen and oxygen atoms in total. The number of aromatic nitrogens is 1. The number of carbonyl (C=O) groups excluding carboxylic acids is 5. The molecule has 2 N–H and O–H groups in total. The van der Waals surface area contributed by atoms with E-state index >= 15 is 0 Å². The van der Waals surface area contributed by atoms with E-state index in [0.717, 1.165) is 94.0 Å². The van der Waals surface area contributed by atoms with Gasteiger partial charge in [-0.3, -0.25) is 29.4 Å². The Kier molecular flexibility index (Phi) is 10.8. The molecule has 5 fully saturated rings. The Morgan fingerprint density at radius 3 is 2.16 bits per heavy atom. The summed E-state index contributed by atoms with van der Waals surface area (Å²) in [5.74, 6) is -0.543. The fourth-order valence-electron chi connectivity index (χ4n) is 10.0. The monoisotopic (exact) mass is 852 g/mol. The molecule has 9 rings (SSSR count). The molecule has 0 aliphatic carbocycles. The Balaban J connectivity index is 0.690. The van der Waals surface area contributed by atoms with Gasteiger partial charge in [0.05, 0.1) is 40.2 Å². The van der Waals surface area contributed by atoms with Crippen molar-refractivity contribution in [3.8, 4) is 6.07 Å². The van der Waals surface area contributed by atoms with Crippen molar-refractivity contribution in [3.05, 3.63) is 77.0 Å². The molecular weight excluding hydrogens is 806 g/mol. The number of hydrogen-bond donors (Lipinski definition) is 2. The van der Waals surface area contributed by atoms with Gasteiger partial charge in [-0.25, -0.2) is 9.78 Å². The van der Waals surface area contributed by atoms with Gasteiger partial charge in [0, 0.05) is 89.8 Å². The van der Waals surface area contributed by atoms with Crippen molar-refractivity contribution in [2.45, 2.75) is 50.7 Å². The van der Waals surface area contributed by atoms with Crippen LogP contribution in [0.2, 0.25) is 0 Å². The smallest absolute Gasteiger partial charge is 0.371 e. The summed E-state index contributed by atoms with van der Waals surface area (Å²) in [7, 11) is 0. The second kappa shape index (κ2) is 16.2. The number of piperazine rings is 1. The third-order valence-electron chi connectivity index (χ3n) is 13.5. The maximum absolute atomic E-state index is 13.5. The number of fused-ring (bicyclic) bond motifs is 1. The minimum atomic E-state index is -4.63. The summed E-state index contributed by atoms with van der Waals surface area (Å²) in [6.07, 6.45) is 1.44. The van der Waals surface area contributed by atoms with Crippen molar-refractivity contribution in [1.29, 1.82) is 5.26 Å². The molecule has 1 unspecified atom stereocenters. The van der Waals surface area contributed by atoms with E-state index in [-0.39, 0.29) is 24.3 Å². The molecule has 2 aromatic carbocycles. The van der Waals surface area contributed by atoms with Crippen LogP contribution in [0.1, 0.15) is 70.4 Å². The molecule has 6 aliphatic rings. The van der Waals surface area contributed by atoms with Gasteiger partial charge in [-0.1, -0.05) is 0 Å². The van der Waals surface area contributed by atoms with Crippen molar-refractivity contribution >= 4 is 52.5 Å². The first-order valence-corrected chi connectivity index (χ1v) is 21.2. The lowest BCUT2D eigenvalue weighted by Gasteiger charge is -2.55. The summed E-state index contributed by atoms with van der Waals surface area (Å²) in [5.41, 5.74) is 1.32. The van der Waals surface area contributed by atoms with Crippen LogP contribution in [-0.2, 0) is 15.8 Å². The summed E-state index contributed by atoms with van der Waals surface area (Å²) in [4.78, 5) is 79.8. The molecule has 0 radical (unpaired) electrons. The number of rotatable bonds is 7. The Hall–Kier alpha value is -6.22. The normalized spacial score (nSPS) is 22.1. The predicted octanol–water partition coefficient (Wildman–Crippen LogP) is 4.55. The number of halogens is 3. The number of alkyl halides is 3. The third-order valence-corrected chi connectivity index (χ3v) is 13.5. The average Bonchev–Trinajstić information content (AvgIpc) is 3.51. The molecule has 1 atom stereocenters. The number of nitrogens with zero attached hydrogens (tertiary/aromatic N) is 8. The molecule has 324 valence electrons. The van der Waals surface area contributed by atoms with Crippen molar-refractivity contribution < 1.29 is 37.1 Å². The fraction of sp³-hybridized carbons (Fsp3) is 0.477. The van der Waals surface area contributed by atoms with Gasteiger partial charge in [0.2, 0.25) is 11.8 Å². The molecule has 1 aromatic heterocycles. The first-order chi connectivity index (χ1) is 29.8. The second-order valence-electron chi connectivity index (χ2n) is 17.4. The van der Waals surface area contributed by atoms with Gasteiger partial charge in [-0.2, -0.15) is 18.4 Å². The largest absolute Gasteiger partial charge is 0.417 e. The van der Waals surface area contributed by atoms with Gasteiger partial charge in [0.1, 0.15) is 11.9 Å². The predicted molar refractivity (Wildman–Crippen MR) is 222 cm³/mol. The van der Waals surface area contributed by atoms with Crippen molar-refractivity contribution in [1.82, 2.24) is 25.0 Å². The number of nitrogens with one attached hydrogen (secondary N) is 2. The maximum Gasteiger partial charge on any atom is 0.417 e. The van der Waals surface area contributed by atoms with Crippen LogP contribution < -0.4 is 25.3 Å². The summed E-state index contributed by atoms with van der Waals surface area (Å²) >= 11 is 0. The quantitative estimate of drug-likeness (QED) is 0.321. The van der Waals surface area contributed by atoms with Gasteiger partial charge < -0.3 is 29.8 Å². The van der Waals surface area contributed by atoms with E-state index < -0.39 is 47.0 Å². The Labute approximate surface area is 356 Å². The van der Waals surface area contributed by atoms with E-state index in [1.54, 1.807) is 34.2 Å². The molecule has 6 amide bonds. The average molecular weight is 853 g/mol. The number of imide groups is 2. The topological polar surface area (TPSA) is 166 Å².